The molecule has 1 aliphatic rings. The molecule has 0 aliphatic carbocycles. The summed E-state index contributed by atoms with van der Waals surface area (Å²) in [6.07, 6.45) is -3.00. The maximum Gasteiger partial charge on any atom is 0.416 e. The molecule has 2 amide bonds. The highest BCUT2D eigenvalue weighted by molar-refractivity contribution is 8.26. The van der Waals surface area contributed by atoms with E-state index in [9.17, 15) is 22.8 Å². The lowest BCUT2D eigenvalue weighted by atomic mass is 10.2. The molecule has 4 nitrogen and oxygen atoms in total. The highest BCUT2D eigenvalue weighted by atomic mass is 35.5. The Kier molecular flexibility index (Phi) is 6.84. The third-order valence-electron chi connectivity index (χ3n) is 4.10. The van der Waals surface area contributed by atoms with Crippen LogP contribution in [0.1, 0.15) is 17.5 Å². The molecule has 0 unspecified atom stereocenters. The summed E-state index contributed by atoms with van der Waals surface area (Å²) in [5, 5.41) is 2.90. The molecule has 30 heavy (non-hydrogen) atoms. The highest BCUT2D eigenvalue weighted by Crippen LogP contribution is 2.34. The summed E-state index contributed by atoms with van der Waals surface area (Å²) in [5.74, 6) is -0.879. The van der Waals surface area contributed by atoms with Crippen LogP contribution in [0.25, 0.3) is 6.08 Å². The summed E-state index contributed by atoms with van der Waals surface area (Å²) in [7, 11) is 0. The van der Waals surface area contributed by atoms with Gasteiger partial charge in [0.25, 0.3) is 5.91 Å². The molecule has 1 heterocycles. The van der Waals surface area contributed by atoms with E-state index >= 15 is 0 Å². The van der Waals surface area contributed by atoms with Crippen LogP contribution in [0.4, 0.5) is 18.9 Å². The van der Waals surface area contributed by atoms with Crippen LogP contribution in [0.3, 0.4) is 0 Å². The van der Waals surface area contributed by atoms with E-state index in [0.717, 1.165) is 23.9 Å². The maximum absolute atomic E-state index is 12.8. The Balaban J connectivity index is 1.62. The van der Waals surface area contributed by atoms with Crippen molar-refractivity contribution in [1.29, 1.82) is 0 Å². The van der Waals surface area contributed by atoms with Gasteiger partial charge in [0.15, 0.2) is 0 Å². The number of carbonyl (C=O) groups is 2. The number of amides is 2. The molecule has 1 fully saturated rings. The summed E-state index contributed by atoms with van der Waals surface area (Å²) in [4.78, 5) is 26.4. The first-order valence-electron chi connectivity index (χ1n) is 8.62. The third-order valence-corrected chi connectivity index (χ3v) is 5.82. The number of benzene rings is 2. The molecule has 10 heteroatoms. The highest BCUT2D eigenvalue weighted by Gasteiger charge is 2.32. The number of hydrogen-bond donors (Lipinski definition) is 1. The number of nitrogens with one attached hydrogen (secondary N) is 1. The van der Waals surface area contributed by atoms with Crippen LogP contribution in [0.15, 0.2) is 53.4 Å². The van der Waals surface area contributed by atoms with Crippen LogP contribution >= 0.6 is 35.6 Å². The minimum atomic E-state index is -4.50. The van der Waals surface area contributed by atoms with Crippen molar-refractivity contribution in [2.45, 2.75) is 12.6 Å². The Morgan fingerprint density at radius 3 is 2.63 bits per heavy atom. The van der Waals surface area contributed by atoms with Gasteiger partial charge in [-0.15, -0.1) is 0 Å². The fourth-order valence-electron chi connectivity index (χ4n) is 2.64. The van der Waals surface area contributed by atoms with E-state index in [1.807, 2.05) is 0 Å². The first-order chi connectivity index (χ1) is 14.1. The van der Waals surface area contributed by atoms with Gasteiger partial charge in [-0.2, -0.15) is 13.2 Å². The largest absolute Gasteiger partial charge is 0.416 e. The van der Waals surface area contributed by atoms with Gasteiger partial charge in [0, 0.05) is 23.7 Å². The molecule has 0 aromatic heterocycles. The van der Waals surface area contributed by atoms with Gasteiger partial charge < -0.3 is 5.32 Å². The van der Waals surface area contributed by atoms with E-state index in [4.69, 9.17) is 23.8 Å². The van der Waals surface area contributed by atoms with Crippen molar-refractivity contribution in [2.24, 2.45) is 0 Å². The summed E-state index contributed by atoms with van der Waals surface area (Å²) < 4.78 is 38.6. The Labute approximate surface area is 185 Å². The van der Waals surface area contributed by atoms with E-state index in [2.05, 4.69) is 5.32 Å². The lowest BCUT2D eigenvalue weighted by molar-refractivity contribution is -0.137. The quantitative estimate of drug-likeness (QED) is 0.457. The number of alkyl halides is 3. The van der Waals surface area contributed by atoms with Crippen LogP contribution in [-0.4, -0.2) is 27.6 Å². The molecule has 1 N–H and O–H groups in total. The zero-order valence-corrected chi connectivity index (χ0v) is 17.6. The lowest BCUT2D eigenvalue weighted by Crippen LogP contribution is -2.31. The zero-order chi connectivity index (χ0) is 21.9. The van der Waals surface area contributed by atoms with Gasteiger partial charge in [-0.05, 0) is 35.9 Å². The van der Waals surface area contributed by atoms with E-state index < -0.39 is 17.6 Å². The van der Waals surface area contributed by atoms with E-state index in [-0.39, 0.29) is 24.6 Å². The second-order valence-corrected chi connectivity index (χ2v) is 8.31. The molecule has 0 radical (unpaired) electrons. The second kappa shape index (κ2) is 9.20. The van der Waals surface area contributed by atoms with Gasteiger partial charge in [-0.3, -0.25) is 14.5 Å². The molecule has 156 valence electrons. The number of hydrogen-bond acceptors (Lipinski definition) is 4. The van der Waals surface area contributed by atoms with Gasteiger partial charge in [0.1, 0.15) is 4.32 Å². The van der Waals surface area contributed by atoms with Crippen molar-refractivity contribution in [3.63, 3.8) is 0 Å². The molecule has 3 rings (SSSR count). The first kappa shape index (κ1) is 22.3. The van der Waals surface area contributed by atoms with E-state index in [1.54, 1.807) is 30.3 Å². The zero-order valence-electron chi connectivity index (χ0n) is 15.2. The van der Waals surface area contributed by atoms with Crippen LogP contribution < -0.4 is 5.32 Å². The van der Waals surface area contributed by atoms with Crippen molar-refractivity contribution >= 4 is 63.5 Å². The molecule has 0 bridgehead atoms. The van der Waals surface area contributed by atoms with Gasteiger partial charge >= 0.3 is 6.18 Å². The number of anilines is 1. The molecule has 2 aromatic rings. The number of carbonyl (C=O) groups excluding carboxylic acids is 2. The number of halogens is 4. The molecule has 0 saturated carbocycles. The predicted molar refractivity (Wildman–Crippen MR) is 116 cm³/mol. The number of nitrogens with zero attached hydrogens (tertiary/aromatic N) is 1. The minimum Gasteiger partial charge on any atom is -0.326 e. The van der Waals surface area contributed by atoms with Crippen molar-refractivity contribution in [2.75, 3.05) is 11.9 Å². The van der Waals surface area contributed by atoms with Gasteiger partial charge in [0.05, 0.1) is 10.5 Å². The molecule has 0 atom stereocenters. The average molecular weight is 471 g/mol. The van der Waals surface area contributed by atoms with Crippen molar-refractivity contribution < 1.29 is 22.8 Å². The van der Waals surface area contributed by atoms with Crippen LogP contribution in [0, 0.1) is 0 Å². The van der Waals surface area contributed by atoms with Gasteiger partial charge in [-0.25, -0.2) is 0 Å². The Morgan fingerprint density at radius 2 is 1.93 bits per heavy atom. The summed E-state index contributed by atoms with van der Waals surface area (Å²) >= 11 is 12.4. The minimum absolute atomic E-state index is 0.00925. The van der Waals surface area contributed by atoms with Crippen LogP contribution in [-0.2, 0) is 15.8 Å². The smallest absolute Gasteiger partial charge is 0.326 e. The number of thiocarbonyl (C=S) groups is 1. The Bertz CT molecular complexity index is 1040. The van der Waals surface area contributed by atoms with Crippen molar-refractivity contribution in [3.8, 4) is 0 Å². The van der Waals surface area contributed by atoms with E-state index in [0.29, 0.717) is 19.8 Å². The SMILES string of the molecule is O=C(CCN1C(=O)C(=Cc2ccccc2Cl)SC1=S)Nc1cccc(C(F)(F)F)c1. The summed E-state index contributed by atoms with van der Waals surface area (Å²) in [6, 6.07) is 11.4. The van der Waals surface area contributed by atoms with E-state index in [1.165, 1.54) is 17.0 Å². The molecule has 1 aliphatic heterocycles. The van der Waals surface area contributed by atoms with Crippen molar-refractivity contribution in [3.05, 3.63) is 69.6 Å². The Morgan fingerprint density at radius 1 is 1.20 bits per heavy atom. The van der Waals surface area contributed by atoms with Gasteiger partial charge in [-0.1, -0.05) is 59.8 Å². The molecule has 1 saturated heterocycles. The van der Waals surface area contributed by atoms with Gasteiger partial charge in [0.2, 0.25) is 5.91 Å². The molecule has 2 aromatic carbocycles. The topological polar surface area (TPSA) is 49.4 Å². The number of thioether (sulfide) groups is 1. The lowest BCUT2D eigenvalue weighted by Gasteiger charge is -2.14. The predicted octanol–water partition coefficient (Wildman–Crippen LogP) is 5.59. The monoisotopic (exact) mass is 470 g/mol. The fraction of sp³-hybridized carbons (Fsp3) is 0.150. The number of rotatable bonds is 5. The van der Waals surface area contributed by atoms with Crippen LogP contribution in [0.5, 0.6) is 0 Å². The average Bonchev–Trinajstić information content (AvgIpc) is 2.94. The van der Waals surface area contributed by atoms with Crippen LogP contribution in [0.2, 0.25) is 5.02 Å². The maximum atomic E-state index is 12.8. The van der Waals surface area contributed by atoms with Crippen molar-refractivity contribution in [1.82, 2.24) is 4.90 Å². The first-order valence-corrected chi connectivity index (χ1v) is 10.2. The molecular formula is C20H14ClF3N2O2S2. The second-order valence-electron chi connectivity index (χ2n) is 6.23. The molecular weight excluding hydrogens is 457 g/mol. The fourth-order valence-corrected chi connectivity index (χ4v) is 4.13. The third kappa shape index (κ3) is 5.41. The molecule has 0 spiro atoms. The summed E-state index contributed by atoms with van der Waals surface area (Å²) in [5.41, 5.74) is -0.164. The Hall–Kier alpha value is -2.36. The summed E-state index contributed by atoms with van der Waals surface area (Å²) in [6.45, 7) is 0.00925. The standard InChI is InChI=1S/C20H14ClF3N2O2S2/c21-15-7-2-1-4-12(15)10-16-18(28)26(19(29)30-16)9-8-17(27)25-14-6-3-5-13(11-14)20(22,23)24/h1-7,10-11H,8-9H2,(H,25,27). The normalized spacial score (nSPS) is 15.7.